The van der Waals surface area contributed by atoms with Crippen LogP contribution in [0.25, 0.3) is 0 Å². The lowest BCUT2D eigenvalue weighted by Crippen LogP contribution is -2.30. The average molecular weight is 1070 g/mol. The first kappa shape index (κ1) is 73.1. The molecule has 0 saturated carbocycles. The Kier molecular flexibility index (Phi) is 61.3. The van der Waals surface area contributed by atoms with Crippen molar-refractivity contribution in [3.8, 4) is 0 Å². The van der Waals surface area contributed by atoms with Gasteiger partial charge in [0.1, 0.15) is 13.2 Å². The summed E-state index contributed by atoms with van der Waals surface area (Å²) in [5, 5.41) is 0. The van der Waals surface area contributed by atoms with Crippen molar-refractivity contribution in [3.63, 3.8) is 0 Å². The van der Waals surface area contributed by atoms with Gasteiger partial charge in [0.15, 0.2) is 6.10 Å². The van der Waals surface area contributed by atoms with Crippen LogP contribution in [0.4, 0.5) is 0 Å². The highest BCUT2D eigenvalue weighted by atomic mass is 16.6. The number of rotatable bonds is 58. The fourth-order valence-corrected chi connectivity index (χ4v) is 8.95. The summed E-state index contributed by atoms with van der Waals surface area (Å²) in [6.07, 6.45) is 88.4. The Balaban J connectivity index is 4.29. The lowest BCUT2D eigenvalue weighted by atomic mass is 10.0. The van der Waals surface area contributed by atoms with E-state index < -0.39 is 6.10 Å². The summed E-state index contributed by atoms with van der Waals surface area (Å²) in [4.78, 5) is 38.2. The fourth-order valence-electron chi connectivity index (χ4n) is 8.95. The fraction of sp³-hybridized carbons (Fsp3) is 0.704. The van der Waals surface area contributed by atoms with Gasteiger partial charge in [-0.05, 0) is 122 Å². The first-order chi connectivity index (χ1) is 38.0. The van der Waals surface area contributed by atoms with Crippen molar-refractivity contribution in [3.05, 3.63) is 109 Å². The van der Waals surface area contributed by atoms with Gasteiger partial charge in [-0.1, -0.05) is 271 Å². The minimum atomic E-state index is -0.819. The van der Waals surface area contributed by atoms with Gasteiger partial charge in [0.25, 0.3) is 0 Å². The molecular weight excluding hydrogens is 949 g/mol. The number of hydrogen-bond donors (Lipinski definition) is 0. The molecule has 440 valence electrons. The van der Waals surface area contributed by atoms with E-state index in [9.17, 15) is 14.4 Å². The second-order valence-corrected chi connectivity index (χ2v) is 21.3. The van der Waals surface area contributed by atoms with E-state index in [1.54, 1.807) is 0 Å². The Bertz CT molecular complexity index is 1560. The molecular formula is C71H120O6. The zero-order valence-corrected chi connectivity index (χ0v) is 50.4. The second kappa shape index (κ2) is 64.6. The third-order valence-corrected chi connectivity index (χ3v) is 13.7. The molecule has 0 rings (SSSR count). The number of carbonyl (C=O) groups excluding carboxylic acids is 3. The van der Waals surface area contributed by atoms with Gasteiger partial charge in [-0.3, -0.25) is 14.4 Å². The van der Waals surface area contributed by atoms with E-state index in [0.717, 1.165) is 96.3 Å². The van der Waals surface area contributed by atoms with E-state index in [1.165, 1.54) is 154 Å². The summed E-state index contributed by atoms with van der Waals surface area (Å²) < 4.78 is 16.8. The van der Waals surface area contributed by atoms with E-state index in [-0.39, 0.29) is 37.5 Å². The van der Waals surface area contributed by atoms with Crippen LogP contribution in [0, 0.1) is 0 Å². The predicted molar refractivity (Wildman–Crippen MR) is 334 cm³/mol. The highest BCUT2D eigenvalue weighted by molar-refractivity contribution is 5.71. The number of allylic oxidation sites excluding steroid dienone is 18. The zero-order chi connectivity index (χ0) is 55.7. The summed E-state index contributed by atoms with van der Waals surface area (Å²) >= 11 is 0. The predicted octanol–water partition coefficient (Wildman–Crippen LogP) is 22.2. The molecule has 1 atom stereocenters. The Morgan fingerprint density at radius 1 is 0.273 bits per heavy atom. The van der Waals surface area contributed by atoms with E-state index in [1.807, 2.05) is 0 Å². The van der Waals surface area contributed by atoms with Crippen LogP contribution in [0.3, 0.4) is 0 Å². The highest BCUT2D eigenvalue weighted by Gasteiger charge is 2.19. The quantitative estimate of drug-likeness (QED) is 0.0261. The van der Waals surface area contributed by atoms with Crippen LogP contribution in [0.1, 0.15) is 303 Å². The van der Waals surface area contributed by atoms with Gasteiger partial charge < -0.3 is 14.2 Å². The molecule has 0 aromatic heterocycles. The second-order valence-electron chi connectivity index (χ2n) is 21.3. The van der Waals surface area contributed by atoms with Crippen molar-refractivity contribution in [1.82, 2.24) is 0 Å². The topological polar surface area (TPSA) is 78.9 Å². The normalized spacial score (nSPS) is 12.8. The molecule has 0 radical (unpaired) electrons. The molecule has 0 saturated heterocycles. The standard InChI is InChI=1S/C71H120O6/c1-4-7-10-13-16-19-22-25-28-29-30-31-32-33-34-35-36-37-38-39-40-41-44-46-49-52-55-58-61-64-70(73)76-67-68(77-71(74)65-62-59-56-53-50-47-43-27-24-21-18-15-12-9-6-3)66-75-69(72)63-60-57-54-51-48-45-42-26-23-20-17-14-11-8-5-2/h8-9,11-12,17-18,20-21,26-27,29-30,42-43,48,50-51,53,68H,4-7,10,13-16,19,22-25,28,31-41,44-47,49,52,54-67H2,1-3H3/b11-8-,12-9-,20-17-,21-18-,30-29-,42-26-,43-27-,51-48-,53-50-. The minimum Gasteiger partial charge on any atom is -0.462 e. The van der Waals surface area contributed by atoms with Gasteiger partial charge in [0, 0.05) is 19.3 Å². The molecule has 0 fully saturated rings. The van der Waals surface area contributed by atoms with Crippen molar-refractivity contribution in [2.24, 2.45) is 0 Å². The van der Waals surface area contributed by atoms with Gasteiger partial charge in [-0.2, -0.15) is 0 Å². The molecule has 0 aliphatic heterocycles. The third-order valence-electron chi connectivity index (χ3n) is 13.7. The molecule has 1 unspecified atom stereocenters. The van der Waals surface area contributed by atoms with Crippen molar-refractivity contribution < 1.29 is 28.6 Å². The van der Waals surface area contributed by atoms with Crippen LogP contribution in [-0.4, -0.2) is 37.2 Å². The summed E-state index contributed by atoms with van der Waals surface area (Å²) in [7, 11) is 0. The highest BCUT2D eigenvalue weighted by Crippen LogP contribution is 2.16. The Morgan fingerprint density at radius 3 is 0.831 bits per heavy atom. The molecule has 0 bridgehead atoms. The van der Waals surface area contributed by atoms with E-state index in [2.05, 4.69) is 130 Å². The Morgan fingerprint density at radius 2 is 0.506 bits per heavy atom. The zero-order valence-electron chi connectivity index (χ0n) is 50.4. The molecule has 0 N–H and O–H groups in total. The van der Waals surface area contributed by atoms with Crippen LogP contribution in [0.2, 0.25) is 0 Å². The molecule has 0 aliphatic rings. The molecule has 0 spiro atoms. The maximum absolute atomic E-state index is 12.9. The minimum absolute atomic E-state index is 0.108. The maximum atomic E-state index is 12.9. The summed E-state index contributed by atoms with van der Waals surface area (Å²) in [5.41, 5.74) is 0. The van der Waals surface area contributed by atoms with E-state index >= 15 is 0 Å². The number of esters is 3. The molecule has 0 aromatic rings. The van der Waals surface area contributed by atoms with Crippen LogP contribution >= 0.6 is 0 Å². The van der Waals surface area contributed by atoms with Gasteiger partial charge in [-0.25, -0.2) is 0 Å². The lowest BCUT2D eigenvalue weighted by molar-refractivity contribution is -0.167. The van der Waals surface area contributed by atoms with Gasteiger partial charge >= 0.3 is 17.9 Å². The van der Waals surface area contributed by atoms with Crippen LogP contribution in [-0.2, 0) is 28.6 Å². The van der Waals surface area contributed by atoms with E-state index in [0.29, 0.717) is 25.7 Å². The van der Waals surface area contributed by atoms with Crippen LogP contribution in [0.15, 0.2) is 109 Å². The SMILES string of the molecule is CC/C=C\C/C=C\C/C=C\C/C=C\CCCCC(=O)OCC(COC(=O)CCCCCCCCCCCCCCCCCCC/C=C\CCCCCCCCCC)OC(=O)CCCC/C=C\C/C=C\C/C=C\C/C=C\CC. The molecule has 77 heavy (non-hydrogen) atoms. The lowest BCUT2D eigenvalue weighted by Gasteiger charge is -2.18. The smallest absolute Gasteiger partial charge is 0.306 e. The van der Waals surface area contributed by atoms with Gasteiger partial charge in [0.2, 0.25) is 0 Å². The number of unbranched alkanes of at least 4 members (excludes halogenated alkanes) is 29. The monoisotopic (exact) mass is 1070 g/mol. The Labute approximate surface area is 476 Å². The summed E-state index contributed by atoms with van der Waals surface area (Å²) in [5.74, 6) is -0.988. The molecule has 6 nitrogen and oxygen atoms in total. The van der Waals surface area contributed by atoms with E-state index in [4.69, 9.17) is 14.2 Å². The van der Waals surface area contributed by atoms with Crippen molar-refractivity contribution in [2.45, 2.75) is 309 Å². The first-order valence-electron chi connectivity index (χ1n) is 32.4. The first-order valence-corrected chi connectivity index (χ1v) is 32.4. The number of hydrogen-bond acceptors (Lipinski definition) is 6. The molecule has 0 aliphatic carbocycles. The third kappa shape index (κ3) is 62.8. The Hall–Kier alpha value is -3.93. The van der Waals surface area contributed by atoms with Crippen molar-refractivity contribution in [2.75, 3.05) is 13.2 Å². The van der Waals surface area contributed by atoms with Crippen molar-refractivity contribution >= 4 is 17.9 Å². The average Bonchev–Trinajstić information content (AvgIpc) is 3.43. The molecule has 0 aromatic carbocycles. The number of ether oxygens (including phenoxy) is 3. The largest absolute Gasteiger partial charge is 0.462 e. The molecule has 6 heteroatoms. The van der Waals surface area contributed by atoms with Gasteiger partial charge in [0.05, 0.1) is 0 Å². The summed E-state index contributed by atoms with van der Waals surface area (Å²) in [6.45, 7) is 6.36. The number of carbonyl (C=O) groups is 3. The maximum Gasteiger partial charge on any atom is 0.306 e. The van der Waals surface area contributed by atoms with Crippen LogP contribution < -0.4 is 0 Å². The molecule has 0 amide bonds. The summed E-state index contributed by atoms with van der Waals surface area (Å²) in [6, 6.07) is 0. The van der Waals surface area contributed by atoms with Gasteiger partial charge in [-0.15, -0.1) is 0 Å². The molecule has 0 heterocycles. The van der Waals surface area contributed by atoms with Crippen molar-refractivity contribution in [1.29, 1.82) is 0 Å². The van der Waals surface area contributed by atoms with Crippen LogP contribution in [0.5, 0.6) is 0 Å².